The van der Waals surface area contributed by atoms with Gasteiger partial charge in [-0.2, -0.15) is 0 Å². The van der Waals surface area contributed by atoms with Crippen molar-refractivity contribution in [3.8, 4) is 34.5 Å². The van der Waals surface area contributed by atoms with Crippen molar-refractivity contribution in [2.75, 3.05) is 28.4 Å². The highest BCUT2D eigenvalue weighted by molar-refractivity contribution is 14.1. The Bertz CT molecular complexity index is 1250. The molecule has 0 unspecified atom stereocenters. The van der Waals surface area contributed by atoms with Crippen molar-refractivity contribution in [3.63, 3.8) is 0 Å². The van der Waals surface area contributed by atoms with Gasteiger partial charge < -0.3 is 28.8 Å². The number of methoxy groups -OCH3 is 4. The Morgan fingerprint density at radius 2 is 0.923 bits per heavy atom. The fourth-order valence-electron chi connectivity index (χ4n) is 3.03. The minimum Gasteiger partial charge on any atom is -0.508 e. The van der Waals surface area contributed by atoms with E-state index in [1.165, 1.54) is 31.9 Å². The first-order valence-corrected chi connectivity index (χ1v) is 13.1. The van der Waals surface area contributed by atoms with Crippen molar-refractivity contribution in [2.24, 2.45) is 0 Å². The first-order chi connectivity index (χ1) is 19.0. The molecule has 4 aromatic rings. The largest absolute Gasteiger partial charge is 0.508 e. The zero-order valence-electron chi connectivity index (χ0n) is 22.4. The number of aromatic hydroxyl groups is 1. The van der Waals surface area contributed by atoms with Crippen molar-refractivity contribution in [1.82, 2.24) is 0 Å². The molecule has 0 aliphatic heterocycles. The molecular formula is C32H33IO6. The molecule has 0 bridgehead atoms. The summed E-state index contributed by atoms with van der Waals surface area (Å²) in [7, 11) is 6.29. The average Bonchev–Trinajstić information content (AvgIpc) is 2.98. The van der Waals surface area contributed by atoms with E-state index in [-0.39, 0.29) is 5.75 Å². The number of benzene rings is 4. The van der Waals surface area contributed by atoms with Gasteiger partial charge in [-0.1, -0.05) is 83.3 Å². The van der Waals surface area contributed by atoms with Gasteiger partial charge in [0.2, 0.25) is 0 Å². The summed E-state index contributed by atoms with van der Waals surface area (Å²) in [5.74, 6) is 3.37. The average molecular weight is 641 g/mol. The van der Waals surface area contributed by atoms with E-state index in [9.17, 15) is 0 Å². The topological polar surface area (TPSA) is 66.4 Å². The molecule has 4 aromatic carbocycles. The summed E-state index contributed by atoms with van der Waals surface area (Å²) in [6, 6.07) is 30.3. The van der Waals surface area contributed by atoms with Crippen LogP contribution in [0, 0.1) is 0 Å². The van der Waals surface area contributed by atoms with Crippen LogP contribution in [0.25, 0.3) is 12.2 Å². The number of ether oxygens (including phenoxy) is 5. The minimum atomic E-state index is 0.140. The van der Waals surface area contributed by atoms with Gasteiger partial charge in [-0.25, -0.2) is 0 Å². The van der Waals surface area contributed by atoms with E-state index >= 15 is 0 Å². The van der Waals surface area contributed by atoms with Crippen LogP contribution < -0.4 is 23.7 Å². The van der Waals surface area contributed by atoms with Gasteiger partial charge in [-0.05, 0) is 27.4 Å². The second kappa shape index (κ2) is 18.2. The normalized spacial score (nSPS) is 10.1. The summed E-state index contributed by atoms with van der Waals surface area (Å²) in [5, 5.41) is 9.10. The predicted molar refractivity (Wildman–Crippen MR) is 166 cm³/mol. The van der Waals surface area contributed by atoms with E-state index < -0.39 is 0 Å². The van der Waals surface area contributed by atoms with Gasteiger partial charge in [-0.15, -0.1) is 0 Å². The van der Waals surface area contributed by atoms with Crippen molar-refractivity contribution in [1.29, 1.82) is 0 Å². The molecule has 39 heavy (non-hydrogen) atoms. The Balaban J connectivity index is 0.000000226. The summed E-state index contributed by atoms with van der Waals surface area (Å²) in [4.78, 5) is 0. The molecule has 0 atom stereocenters. The molecule has 0 aliphatic rings. The Kier molecular flexibility index (Phi) is 14.5. The maximum Gasteiger partial charge on any atom is 0.133 e. The summed E-state index contributed by atoms with van der Waals surface area (Å²) >= 11 is 2.21. The van der Waals surface area contributed by atoms with E-state index in [1.807, 2.05) is 58.7 Å². The van der Waals surface area contributed by atoms with Crippen LogP contribution in [0.15, 0.2) is 107 Å². The first-order valence-electron chi connectivity index (χ1n) is 11.9. The van der Waals surface area contributed by atoms with Gasteiger partial charge in [0, 0.05) is 36.4 Å². The maximum atomic E-state index is 9.10. The third-order valence-corrected chi connectivity index (χ3v) is 5.34. The minimum absolute atomic E-state index is 0.140. The standard InChI is InChI=1S/C16H16O3.C8H7I.C8H10O3/c1-17-14-10-15(18-2)12-16(11-14)19-9-8-13-6-4-3-5-7-13;9-7-6-8-4-2-1-3-5-8;1-10-7-3-6(9)4-8(5-7)11-2/h3-12H,1-2H3;1-7H;3-5,9H,1-2H3/b9-8+;;. The van der Waals surface area contributed by atoms with E-state index in [4.69, 9.17) is 28.8 Å². The van der Waals surface area contributed by atoms with Crippen LogP contribution in [0.5, 0.6) is 34.5 Å². The smallest absolute Gasteiger partial charge is 0.133 e. The lowest BCUT2D eigenvalue weighted by molar-refractivity contribution is 0.385. The summed E-state index contributed by atoms with van der Waals surface area (Å²) in [5.41, 5.74) is 2.34. The zero-order valence-corrected chi connectivity index (χ0v) is 24.6. The number of hydrogen-bond acceptors (Lipinski definition) is 6. The fourth-order valence-corrected chi connectivity index (χ4v) is 3.45. The molecule has 0 spiro atoms. The lowest BCUT2D eigenvalue weighted by Crippen LogP contribution is -1.89. The van der Waals surface area contributed by atoms with Gasteiger partial charge in [0.05, 0.1) is 34.7 Å². The van der Waals surface area contributed by atoms with Crippen LogP contribution in [0.1, 0.15) is 11.1 Å². The molecular weight excluding hydrogens is 607 g/mol. The number of phenolic OH excluding ortho intramolecular Hbond substituents is 1. The zero-order chi connectivity index (χ0) is 28.3. The molecule has 0 saturated heterocycles. The quantitative estimate of drug-likeness (QED) is 0.155. The highest BCUT2D eigenvalue weighted by Crippen LogP contribution is 2.28. The molecule has 4 rings (SSSR count). The van der Waals surface area contributed by atoms with Gasteiger partial charge in [0.1, 0.15) is 34.5 Å². The van der Waals surface area contributed by atoms with E-state index in [1.54, 1.807) is 44.7 Å². The third kappa shape index (κ3) is 12.3. The molecule has 0 radical (unpaired) electrons. The predicted octanol–water partition coefficient (Wildman–Crippen LogP) is 8.26. The Morgan fingerprint density at radius 1 is 0.538 bits per heavy atom. The van der Waals surface area contributed by atoms with Gasteiger partial charge in [0.25, 0.3) is 0 Å². The summed E-state index contributed by atoms with van der Waals surface area (Å²) in [6.45, 7) is 0. The SMILES string of the molecule is COc1cc(O)cc(OC)c1.COc1cc(OC)cc(O/C=C/c2ccccc2)c1.IC=Cc1ccccc1. The lowest BCUT2D eigenvalue weighted by Gasteiger charge is -2.07. The van der Waals surface area contributed by atoms with E-state index in [0.29, 0.717) is 28.7 Å². The molecule has 6 nitrogen and oxygen atoms in total. The monoisotopic (exact) mass is 640 g/mol. The number of phenols is 1. The number of halogens is 1. The van der Waals surface area contributed by atoms with Crippen LogP contribution >= 0.6 is 22.6 Å². The Morgan fingerprint density at radius 3 is 1.33 bits per heavy atom. The highest BCUT2D eigenvalue weighted by Gasteiger charge is 2.01. The second-order valence-electron chi connectivity index (χ2n) is 7.65. The van der Waals surface area contributed by atoms with Gasteiger partial charge in [-0.3, -0.25) is 0 Å². The van der Waals surface area contributed by atoms with Gasteiger partial charge in [0.15, 0.2) is 0 Å². The third-order valence-electron chi connectivity index (χ3n) is 4.98. The molecule has 0 saturated carbocycles. The molecule has 0 heterocycles. The second-order valence-corrected chi connectivity index (χ2v) is 8.37. The van der Waals surface area contributed by atoms with E-state index in [0.717, 1.165) is 5.56 Å². The van der Waals surface area contributed by atoms with Crippen molar-refractivity contribution in [3.05, 3.63) is 119 Å². The number of hydrogen-bond donors (Lipinski definition) is 1. The molecule has 0 aliphatic carbocycles. The first kappa shape index (κ1) is 31.1. The maximum absolute atomic E-state index is 9.10. The Labute approximate surface area is 244 Å². The fraction of sp³-hybridized carbons (Fsp3) is 0.125. The van der Waals surface area contributed by atoms with Crippen LogP contribution in [0.2, 0.25) is 0 Å². The van der Waals surface area contributed by atoms with Crippen LogP contribution in [0.3, 0.4) is 0 Å². The Hall–Kier alpha value is -4.11. The summed E-state index contributed by atoms with van der Waals surface area (Å²) in [6.07, 6.45) is 5.61. The van der Waals surface area contributed by atoms with Gasteiger partial charge >= 0.3 is 0 Å². The van der Waals surface area contributed by atoms with Crippen LogP contribution in [-0.2, 0) is 0 Å². The molecule has 0 fully saturated rings. The van der Waals surface area contributed by atoms with E-state index in [2.05, 4.69) is 40.8 Å². The molecule has 0 amide bonds. The molecule has 7 heteroatoms. The highest BCUT2D eigenvalue weighted by atomic mass is 127. The molecule has 0 aromatic heterocycles. The number of rotatable bonds is 8. The molecule has 204 valence electrons. The van der Waals surface area contributed by atoms with Crippen molar-refractivity contribution >= 4 is 34.7 Å². The lowest BCUT2D eigenvalue weighted by atomic mass is 10.2. The summed E-state index contributed by atoms with van der Waals surface area (Å²) < 4.78 is 27.7. The van der Waals surface area contributed by atoms with Crippen molar-refractivity contribution in [2.45, 2.75) is 0 Å². The molecule has 1 N–H and O–H groups in total. The van der Waals surface area contributed by atoms with Crippen molar-refractivity contribution < 1.29 is 28.8 Å². The van der Waals surface area contributed by atoms with Crippen LogP contribution in [0.4, 0.5) is 0 Å². The van der Waals surface area contributed by atoms with Crippen LogP contribution in [-0.4, -0.2) is 33.5 Å².